The van der Waals surface area contributed by atoms with Crippen LogP contribution in [-0.4, -0.2) is 35.3 Å². The van der Waals surface area contributed by atoms with Gasteiger partial charge in [-0.2, -0.15) is 13.2 Å². The number of halogens is 3. The third kappa shape index (κ3) is 7.41. The number of carbonyl (C=O) groups is 2. The summed E-state index contributed by atoms with van der Waals surface area (Å²) in [5.41, 5.74) is -0.670. The summed E-state index contributed by atoms with van der Waals surface area (Å²) < 4.78 is 37.5. The van der Waals surface area contributed by atoms with Crippen molar-refractivity contribution in [1.82, 2.24) is 10.2 Å². The minimum absolute atomic E-state index is 0.0794. The molecule has 0 aliphatic heterocycles. The van der Waals surface area contributed by atoms with Crippen molar-refractivity contribution >= 4 is 17.9 Å². The lowest BCUT2D eigenvalue weighted by molar-refractivity contribution is -0.137. The summed E-state index contributed by atoms with van der Waals surface area (Å²) in [7, 11) is 0. The van der Waals surface area contributed by atoms with Crippen molar-refractivity contribution in [2.24, 2.45) is 0 Å². The molecule has 0 atom stereocenters. The Hall–Kier alpha value is -2.31. The van der Waals surface area contributed by atoms with Crippen LogP contribution >= 0.6 is 0 Å². The lowest BCUT2D eigenvalue weighted by Crippen LogP contribution is -2.47. The van der Waals surface area contributed by atoms with Crippen LogP contribution in [0.4, 0.5) is 13.2 Å². The summed E-state index contributed by atoms with van der Waals surface area (Å²) in [6.07, 6.45) is -1.72. The van der Waals surface area contributed by atoms with Gasteiger partial charge in [-0.1, -0.05) is 12.1 Å². The van der Waals surface area contributed by atoms with E-state index in [1.165, 1.54) is 29.2 Å². The number of benzene rings is 1. The molecule has 25 heavy (non-hydrogen) atoms. The molecule has 1 N–H and O–H groups in total. The van der Waals surface area contributed by atoms with Gasteiger partial charge in [0.25, 0.3) is 0 Å². The first-order valence-electron chi connectivity index (χ1n) is 7.87. The van der Waals surface area contributed by atoms with Gasteiger partial charge in [0, 0.05) is 18.2 Å². The second-order valence-corrected chi connectivity index (χ2v) is 6.60. The van der Waals surface area contributed by atoms with Gasteiger partial charge in [0.15, 0.2) is 0 Å². The summed E-state index contributed by atoms with van der Waals surface area (Å²) in [6.45, 7) is 7.53. The Kier molecular flexibility index (Phi) is 6.78. The molecule has 0 aromatic heterocycles. The molecule has 7 heteroatoms. The van der Waals surface area contributed by atoms with Crippen LogP contribution in [0.15, 0.2) is 30.3 Å². The zero-order chi connectivity index (χ0) is 19.3. The number of nitrogens with zero attached hydrogens (tertiary/aromatic N) is 1. The van der Waals surface area contributed by atoms with E-state index in [9.17, 15) is 22.8 Å². The van der Waals surface area contributed by atoms with Crippen LogP contribution in [0.3, 0.4) is 0 Å². The number of nitrogens with one attached hydrogen (secondary N) is 1. The molecule has 0 heterocycles. The topological polar surface area (TPSA) is 49.4 Å². The van der Waals surface area contributed by atoms with E-state index in [1.807, 2.05) is 20.8 Å². The van der Waals surface area contributed by atoms with Crippen LogP contribution in [0.1, 0.15) is 38.8 Å². The second kappa shape index (κ2) is 8.18. The monoisotopic (exact) mass is 356 g/mol. The van der Waals surface area contributed by atoms with Gasteiger partial charge < -0.3 is 10.2 Å². The predicted molar refractivity (Wildman–Crippen MR) is 90.6 cm³/mol. The highest BCUT2D eigenvalue weighted by molar-refractivity contribution is 5.94. The van der Waals surface area contributed by atoms with Crippen molar-refractivity contribution in [2.45, 2.75) is 39.4 Å². The molecule has 2 amide bonds. The van der Waals surface area contributed by atoms with Gasteiger partial charge in [-0.15, -0.1) is 0 Å². The van der Waals surface area contributed by atoms with E-state index in [4.69, 9.17) is 0 Å². The van der Waals surface area contributed by atoms with E-state index < -0.39 is 17.3 Å². The van der Waals surface area contributed by atoms with Crippen molar-refractivity contribution in [3.63, 3.8) is 0 Å². The van der Waals surface area contributed by atoms with Crippen molar-refractivity contribution < 1.29 is 22.8 Å². The maximum absolute atomic E-state index is 12.5. The zero-order valence-electron chi connectivity index (χ0n) is 14.8. The van der Waals surface area contributed by atoms with Gasteiger partial charge in [0.2, 0.25) is 11.8 Å². The molecule has 0 spiro atoms. The molecule has 0 aliphatic rings. The Labute approximate surface area is 145 Å². The van der Waals surface area contributed by atoms with E-state index >= 15 is 0 Å². The van der Waals surface area contributed by atoms with Crippen molar-refractivity contribution in [3.8, 4) is 0 Å². The smallest absolute Gasteiger partial charge is 0.350 e. The molecule has 0 bridgehead atoms. The van der Waals surface area contributed by atoms with Crippen molar-refractivity contribution in [3.05, 3.63) is 41.5 Å². The molecule has 0 fully saturated rings. The van der Waals surface area contributed by atoms with Gasteiger partial charge >= 0.3 is 6.18 Å². The molecule has 1 rings (SSSR count). The Bertz CT molecular complexity index is 629. The predicted octanol–water partition coefficient (Wildman–Crippen LogP) is 3.48. The summed E-state index contributed by atoms with van der Waals surface area (Å²) in [5.74, 6) is -0.655. The van der Waals surface area contributed by atoms with E-state index in [-0.39, 0.29) is 18.4 Å². The average Bonchev–Trinajstić information content (AvgIpc) is 2.48. The van der Waals surface area contributed by atoms with Crippen LogP contribution in [0.5, 0.6) is 0 Å². The van der Waals surface area contributed by atoms with Crippen molar-refractivity contribution in [1.29, 1.82) is 0 Å². The van der Waals surface area contributed by atoms with Crippen molar-refractivity contribution in [2.75, 3.05) is 13.1 Å². The number of carbonyl (C=O) groups excluding carboxylic acids is 2. The number of likely N-dealkylation sites (N-methyl/N-ethyl adjacent to an activating group) is 1. The molecule has 1 aromatic carbocycles. The van der Waals surface area contributed by atoms with Gasteiger partial charge in [0.1, 0.15) is 0 Å². The fraction of sp³-hybridized carbons (Fsp3) is 0.444. The van der Waals surface area contributed by atoms with Crippen LogP contribution in [0.2, 0.25) is 0 Å². The number of alkyl halides is 3. The fourth-order valence-corrected chi connectivity index (χ4v) is 2.03. The van der Waals surface area contributed by atoms with E-state index in [2.05, 4.69) is 5.32 Å². The molecule has 138 valence electrons. The van der Waals surface area contributed by atoms with Gasteiger partial charge in [-0.25, -0.2) is 0 Å². The number of hydrogen-bond acceptors (Lipinski definition) is 2. The summed E-state index contributed by atoms with van der Waals surface area (Å²) in [4.78, 5) is 25.4. The molecular weight excluding hydrogens is 333 g/mol. The quantitative estimate of drug-likeness (QED) is 0.821. The van der Waals surface area contributed by atoms with Gasteiger partial charge in [-0.3, -0.25) is 9.59 Å². The number of amides is 2. The first-order valence-corrected chi connectivity index (χ1v) is 7.87. The number of rotatable bonds is 5. The molecule has 0 aliphatic carbocycles. The number of hydrogen-bond donors (Lipinski definition) is 1. The summed E-state index contributed by atoms with van der Waals surface area (Å²) in [6, 6.07) is 4.49. The Balaban J connectivity index is 2.71. The van der Waals surface area contributed by atoms with Crippen LogP contribution < -0.4 is 5.32 Å². The van der Waals surface area contributed by atoms with Crippen LogP contribution in [0, 0.1) is 0 Å². The third-order valence-electron chi connectivity index (χ3n) is 3.20. The highest BCUT2D eigenvalue weighted by Gasteiger charge is 2.29. The van der Waals surface area contributed by atoms with Crippen LogP contribution in [-0.2, 0) is 15.8 Å². The molecule has 0 saturated heterocycles. The Morgan fingerprint density at radius 1 is 1.12 bits per heavy atom. The lowest BCUT2D eigenvalue weighted by Gasteiger charge is -2.24. The minimum atomic E-state index is -4.39. The van der Waals surface area contributed by atoms with E-state index in [0.717, 1.165) is 12.1 Å². The zero-order valence-corrected chi connectivity index (χ0v) is 14.8. The highest BCUT2D eigenvalue weighted by atomic mass is 19.4. The Morgan fingerprint density at radius 2 is 1.68 bits per heavy atom. The molecule has 0 saturated carbocycles. The molecule has 1 aromatic rings. The van der Waals surface area contributed by atoms with Gasteiger partial charge in [-0.05, 0) is 51.5 Å². The highest BCUT2D eigenvalue weighted by Crippen LogP contribution is 2.29. The minimum Gasteiger partial charge on any atom is -0.350 e. The van der Waals surface area contributed by atoms with Crippen LogP contribution in [0.25, 0.3) is 6.08 Å². The lowest BCUT2D eigenvalue weighted by atomic mass is 10.1. The third-order valence-corrected chi connectivity index (χ3v) is 3.20. The Morgan fingerprint density at radius 3 is 2.12 bits per heavy atom. The molecule has 0 unspecified atom stereocenters. The summed E-state index contributed by atoms with van der Waals surface area (Å²) in [5, 5.41) is 2.77. The normalized spacial score (nSPS) is 12.3. The maximum atomic E-state index is 12.5. The van der Waals surface area contributed by atoms with E-state index in [0.29, 0.717) is 12.1 Å². The first kappa shape index (κ1) is 20.7. The first-order chi connectivity index (χ1) is 11.4. The molecule has 0 radical (unpaired) electrons. The average molecular weight is 356 g/mol. The van der Waals surface area contributed by atoms with Gasteiger partial charge in [0.05, 0.1) is 12.1 Å². The fourth-order valence-electron chi connectivity index (χ4n) is 2.03. The molecular formula is C18H23F3N2O2. The SMILES string of the molecule is CCN(CC(=O)NC(C)(C)C)C(=O)/C=C/c1ccc(C(F)(F)F)cc1. The van der Waals surface area contributed by atoms with E-state index in [1.54, 1.807) is 6.92 Å². The largest absolute Gasteiger partial charge is 0.416 e. The molecule has 4 nitrogen and oxygen atoms in total. The standard InChI is InChI=1S/C18H23F3N2O2/c1-5-23(12-15(24)22-17(2,3)4)16(25)11-8-13-6-9-14(10-7-13)18(19,20)21/h6-11H,5,12H2,1-4H3,(H,22,24)/b11-8+. The second-order valence-electron chi connectivity index (χ2n) is 6.60. The maximum Gasteiger partial charge on any atom is 0.416 e. The summed E-state index contributed by atoms with van der Waals surface area (Å²) >= 11 is 0.